The van der Waals surface area contributed by atoms with E-state index in [0.717, 1.165) is 0 Å². The smallest absolute Gasteiger partial charge is 0.142 e. The number of rotatable bonds is 3. The van der Waals surface area contributed by atoms with Crippen LogP contribution in [-0.2, 0) is 9.47 Å². The normalized spacial score (nSPS) is 29.3. The first-order chi connectivity index (χ1) is 7.42. The lowest BCUT2D eigenvalue weighted by molar-refractivity contribution is 0.225. The molecule has 2 heterocycles. The summed E-state index contributed by atoms with van der Waals surface area (Å²) in [5.41, 5.74) is 0. The summed E-state index contributed by atoms with van der Waals surface area (Å²) in [5, 5.41) is 0. The van der Waals surface area contributed by atoms with Gasteiger partial charge < -0.3 is 9.47 Å². The van der Waals surface area contributed by atoms with Gasteiger partial charge in [-0.15, -0.1) is 0 Å². The first-order valence-corrected chi connectivity index (χ1v) is 6.34. The van der Waals surface area contributed by atoms with Gasteiger partial charge in [-0.3, -0.25) is 0 Å². The molecule has 78 valence electrons. The Hall–Kier alpha value is -1.27. The molecule has 15 heavy (non-hydrogen) atoms. The maximum atomic E-state index is 5.54. The summed E-state index contributed by atoms with van der Waals surface area (Å²) < 4.78 is 11.1. The second-order valence-corrected chi connectivity index (χ2v) is 5.39. The minimum absolute atomic E-state index is 0.0728. The fourth-order valence-corrected chi connectivity index (χ4v) is 3.17. The zero-order chi connectivity index (χ0) is 10.5. The molecule has 0 radical (unpaired) electrons. The Balaban J connectivity index is 2.06. The SMILES string of the molecule is C=CP(C1C=CC=CO1)C1C=CC=CO1. The zero-order valence-corrected chi connectivity index (χ0v) is 9.22. The molecular weight excluding hydrogens is 207 g/mol. The Morgan fingerprint density at radius 2 is 1.47 bits per heavy atom. The fourth-order valence-electron chi connectivity index (χ4n) is 1.44. The highest BCUT2D eigenvalue weighted by Gasteiger charge is 2.26. The number of hydrogen-bond acceptors (Lipinski definition) is 2. The molecule has 0 fully saturated rings. The molecule has 0 amide bonds. The van der Waals surface area contributed by atoms with Crippen molar-refractivity contribution in [3.63, 3.8) is 0 Å². The van der Waals surface area contributed by atoms with E-state index in [0.29, 0.717) is 0 Å². The van der Waals surface area contributed by atoms with Gasteiger partial charge in [-0.05, 0) is 24.3 Å². The predicted octanol–water partition coefficient (Wildman–Crippen LogP) is 3.46. The van der Waals surface area contributed by atoms with Gasteiger partial charge in [0, 0.05) is 7.92 Å². The van der Waals surface area contributed by atoms with E-state index in [4.69, 9.17) is 9.47 Å². The van der Waals surface area contributed by atoms with Crippen molar-refractivity contribution in [3.8, 4) is 0 Å². The second-order valence-electron chi connectivity index (χ2n) is 3.11. The first-order valence-electron chi connectivity index (χ1n) is 4.79. The van der Waals surface area contributed by atoms with Gasteiger partial charge in [0.2, 0.25) is 0 Å². The number of ether oxygens (including phenoxy) is 2. The van der Waals surface area contributed by atoms with Crippen LogP contribution in [0.25, 0.3) is 0 Å². The largest absolute Gasteiger partial charge is 0.489 e. The van der Waals surface area contributed by atoms with Crippen LogP contribution in [0.4, 0.5) is 0 Å². The molecule has 0 bridgehead atoms. The molecule has 0 spiro atoms. The molecule has 0 aromatic carbocycles. The van der Waals surface area contributed by atoms with Gasteiger partial charge in [-0.1, -0.05) is 24.5 Å². The Labute approximate surface area is 91.0 Å². The van der Waals surface area contributed by atoms with Crippen LogP contribution in [0.3, 0.4) is 0 Å². The van der Waals surface area contributed by atoms with E-state index in [2.05, 4.69) is 6.58 Å². The lowest BCUT2D eigenvalue weighted by Crippen LogP contribution is -2.15. The lowest BCUT2D eigenvalue weighted by Gasteiger charge is -2.29. The van der Waals surface area contributed by atoms with Crippen molar-refractivity contribution in [3.05, 3.63) is 61.4 Å². The quantitative estimate of drug-likeness (QED) is 0.678. The van der Waals surface area contributed by atoms with E-state index in [1.54, 1.807) is 12.5 Å². The number of hydrogen-bond donors (Lipinski definition) is 0. The Kier molecular flexibility index (Phi) is 3.41. The van der Waals surface area contributed by atoms with E-state index in [1.165, 1.54) is 0 Å². The molecule has 0 saturated heterocycles. The van der Waals surface area contributed by atoms with Crippen LogP contribution < -0.4 is 0 Å². The van der Waals surface area contributed by atoms with E-state index in [-0.39, 0.29) is 11.7 Å². The highest BCUT2D eigenvalue weighted by atomic mass is 31.1. The maximum Gasteiger partial charge on any atom is 0.142 e. The van der Waals surface area contributed by atoms with Gasteiger partial charge in [0.15, 0.2) is 0 Å². The Morgan fingerprint density at radius 1 is 0.933 bits per heavy atom. The highest BCUT2D eigenvalue weighted by molar-refractivity contribution is 7.62. The third-order valence-corrected chi connectivity index (χ3v) is 4.35. The molecule has 2 unspecified atom stereocenters. The van der Waals surface area contributed by atoms with Crippen LogP contribution in [0.5, 0.6) is 0 Å². The van der Waals surface area contributed by atoms with E-state index in [9.17, 15) is 0 Å². The standard InChI is InChI=1S/C12H13O2P/c1-2-15(11-7-3-5-9-13-11)12-8-4-6-10-14-12/h2-12H,1H2. The van der Waals surface area contributed by atoms with Gasteiger partial charge in [0.25, 0.3) is 0 Å². The van der Waals surface area contributed by atoms with Crippen LogP contribution in [0.2, 0.25) is 0 Å². The summed E-state index contributed by atoms with van der Waals surface area (Å²) in [6, 6.07) is 0. The van der Waals surface area contributed by atoms with Gasteiger partial charge in [-0.25, -0.2) is 0 Å². The minimum Gasteiger partial charge on any atom is -0.489 e. The molecule has 0 aromatic rings. The van der Waals surface area contributed by atoms with Gasteiger partial charge >= 0.3 is 0 Å². The van der Waals surface area contributed by atoms with Crippen molar-refractivity contribution in [2.24, 2.45) is 0 Å². The highest BCUT2D eigenvalue weighted by Crippen LogP contribution is 2.50. The molecule has 2 rings (SSSR count). The molecule has 2 nitrogen and oxygen atoms in total. The lowest BCUT2D eigenvalue weighted by atomic mass is 10.4. The average molecular weight is 220 g/mol. The summed E-state index contributed by atoms with van der Waals surface area (Å²) in [5.74, 6) is 2.09. The van der Waals surface area contributed by atoms with E-state index >= 15 is 0 Å². The fraction of sp³-hybridized carbons (Fsp3) is 0.167. The van der Waals surface area contributed by atoms with Gasteiger partial charge in [0.1, 0.15) is 11.7 Å². The second kappa shape index (κ2) is 4.99. The molecule has 2 aliphatic rings. The molecule has 2 aliphatic heterocycles. The van der Waals surface area contributed by atoms with Crippen molar-refractivity contribution in [1.29, 1.82) is 0 Å². The van der Waals surface area contributed by atoms with Crippen molar-refractivity contribution >= 4 is 7.92 Å². The first kappa shape index (κ1) is 10.3. The predicted molar refractivity (Wildman–Crippen MR) is 63.4 cm³/mol. The summed E-state index contributed by atoms with van der Waals surface area (Å²) >= 11 is 0. The van der Waals surface area contributed by atoms with Crippen molar-refractivity contribution in [2.45, 2.75) is 11.7 Å². The monoisotopic (exact) mass is 220 g/mol. The van der Waals surface area contributed by atoms with Crippen molar-refractivity contribution in [2.75, 3.05) is 0 Å². The zero-order valence-electron chi connectivity index (χ0n) is 8.32. The Bertz CT molecular complexity index is 312. The summed E-state index contributed by atoms with van der Waals surface area (Å²) in [6.07, 6.45) is 15.3. The average Bonchev–Trinajstić information content (AvgIpc) is 2.33. The molecule has 0 aromatic heterocycles. The van der Waals surface area contributed by atoms with Crippen LogP contribution in [0.1, 0.15) is 0 Å². The topological polar surface area (TPSA) is 18.5 Å². The number of allylic oxidation sites excluding steroid dienone is 4. The molecular formula is C12H13O2P. The van der Waals surface area contributed by atoms with Crippen molar-refractivity contribution in [1.82, 2.24) is 0 Å². The van der Waals surface area contributed by atoms with Crippen LogP contribution in [0, 0.1) is 0 Å². The third-order valence-electron chi connectivity index (χ3n) is 2.17. The van der Waals surface area contributed by atoms with Crippen LogP contribution in [-0.4, -0.2) is 11.7 Å². The van der Waals surface area contributed by atoms with Crippen LogP contribution in [0.15, 0.2) is 61.4 Å². The minimum atomic E-state index is -0.551. The van der Waals surface area contributed by atoms with E-state index < -0.39 is 7.92 Å². The maximum absolute atomic E-state index is 5.54. The third kappa shape index (κ3) is 2.40. The van der Waals surface area contributed by atoms with Crippen molar-refractivity contribution < 1.29 is 9.47 Å². The summed E-state index contributed by atoms with van der Waals surface area (Å²) in [6.45, 7) is 3.86. The molecule has 0 N–H and O–H groups in total. The molecule has 3 heteroatoms. The van der Waals surface area contributed by atoms with Gasteiger partial charge in [0.05, 0.1) is 12.5 Å². The van der Waals surface area contributed by atoms with E-state index in [1.807, 2.05) is 42.3 Å². The van der Waals surface area contributed by atoms with Gasteiger partial charge in [-0.2, -0.15) is 0 Å². The molecule has 0 saturated carbocycles. The molecule has 0 aliphatic carbocycles. The Morgan fingerprint density at radius 3 is 1.80 bits per heavy atom. The van der Waals surface area contributed by atoms with Crippen LogP contribution >= 0.6 is 7.92 Å². The summed E-state index contributed by atoms with van der Waals surface area (Å²) in [7, 11) is -0.551. The molecule has 2 atom stereocenters. The summed E-state index contributed by atoms with van der Waals surface area (Å²) in [4.78, 5) is 0.